The van der Waals surface area contributed by atoms with Gasteiger partial charge in [0.2, 0.25) is 17.8 Å². The van der Waals surface area contributed by atoms with Crippen molar-refractivity contribution in [1.82, 2.24) is 25.1 Å². The summed E-state index contributed by atoms with van der Waals surface area (Å²) >= 11 is 1.38. The number of hydrogen-bond acceptors (Lipinski definition) is 9. The monoisotopic (exact) mass is 371 g/mol. The van der Waals surface area contributed by atoms with Crippen LogP contribution in [0.1, 0.15) is 29.1 Å². The van der Waals surface area contributed by atoms with E-state index in [-0.39, 0.29) is 11.2 Å². The molecule has 0 saturated carbocycles. The molecular weight excluding hydrogens is 350 g/mol. The maximum absolute atomic E-state index is 5.79. The fourth-order valence-electron chi connectivity index (χ4n) is 2.23. The third kappa shape index (κ3) is 3.93. The first-order chi connectivity index (χ1) is 12.3. The van der Waals surface area contributed by atoms with Crippen LogP contribution in [-0.2, 0) is 0 Å². The van der Waals surface area contributed by atoms with E-state index in [1.807, 2.05) is 39.2 Å². The maximum atomic E-state index is 5.79. The van der Waals surface area contributed by atoms with Crippen LogP contribution in [0.4, 0.5) is 11.9 Å². The number of nitrogens with two attached hydrogens (primary N) is 1. The average molecular weight is 371 g/mol. The first-order valence-corrected chi connectivity index (χ1v) is 8.98. The minimum absolute atomic E-state index is 0.118. The van der Waals surface area contributed by atoms with E-state index < -0.39 is 0 Å². The molecule has 3 aromatic rings. The van der Waals surface area contributed by atoms with Crippen LogP contribution in [0.3, 0.4) is 0 Å². The molecule has 1 atom stereocenters. The molecule has 1 aromatic carbocycles. The minimum Gasteiger partial charge on any atom is -0.411 e. The number of rotatable bonds is 5. The highest BCUT2D eigenvalue weighted by atomic mass is 32.2. The zero-order valence-electron chi connectivity index (χ0n) is 15.4. The second kappa shape index (κ2) is 7.28. The quantitative estimate of drug-likeness (QED) is 0.677. The van der Waals surface area contributed by atoms with Crippen LogP contribution in [-0.4, -0.2) is 39.2 Å². The average Bonchev–Trinajstić information content (AvgIpc) is 3.05. The third-order valence-electron chi connectivity index (χ3n) is 3.86. The molecule has 0 saturated heterocycles. The van der Waals surface area contributed by atoms with Gasteiger partial charge in [-0.15, -0.1) is 10.2 Å². The second-order valence-electron chi connectivity index (χ2n) is 6.18. The summed E-state index contributed by atoms with van der Waals surface area (Å²) < 4.78 is 5.79. The topological polar surface area (TPSA) is 107 Å². The highest BCUT2D eigenvalue weighted by Gasteiger charge is 2.18. The van der Waals surface area contributed by atoms with Gasteiger partial charge in [0.15, 0.2) is 0 Å². The summed E-state index contributed by atoms with van der Waals surface area (Å²) in [5.41, 5.74) is 9.09. The smallest absolute Gasteiger partial charge is 0.277 e. The van der Waals surface area contributed by atoms with Crippen LogP contribution in [0.5, 0.6) is 0 Å². The fraction of sp³-hybridized carbons (Fsp3) is 0.353. The van der Waals surface area contributed by atoms with E-state index in [4.69, 9.17) is 10.2 Å². The van der Waals surface area contributed by atoms with E-state index >= 15 is 0 Å². The van der Waals surface area contributed by atoms with Crippen molar-refractivity contribution in [2.45, 2.75) is 31.2 Å². The molecule has 2 N–H and O–H groups in total. The molecule has 136 valence electrons. The Hall–Kier alpha value is -2.68. The first-order valence-electron chi connectivity index (χ1n) is 8.10. The molecule has 0 aliphatic rings. The summed E-state index contributed by atoms with van der Waals surface area (Å²) in [5.74, 6) is 1.76. The molecule has 8 nitrogen and oxygen atoms in total. The lowest BCUT2D eigenvalue weighted by atomic mass is 10.1. The number of thioether (sulfide) groups is 1. The summed E-state index contributed by atoms with van der Waals surface area (Å²) in [6.07, 6.45) is 0. The normalized spacial score (nSPS) is 12.2. The van der Waals surface area contributed by atoms with Gasteiger partial charge in [-0.25, -0.2) is 0 Å². The summed E-state index contributed by atoms with van der Waals surface area (Å²) in [4.78, 5) is 14.5. The van der Waals surface area contributed by atoms with Crippen LogP contribution >= 0.6 is 11.8 Å². The molecule has 0 radical (unpaired) electrons. The number of aromatic nitrogens is 5. The lowest BCUT2D eigenvalue weighted by Gasteiger charge is -2.13. The van der Waals surface area contributed by atoms with E-state index in [2.05, 4.69) is 39.0 Å². The Morgan fingerprint density at radius 3 is 2.54 bits per heavy atom. The zero-order chi connectivity index (χ0) is 18.8. The lowest BCUT2D eigenvalue weighted by Crippen LogP contribution is -2.16. The number of anilines is 2. The fourth-order valence-corrected chi connectivity index (χ4v) is 2.96. The lowest BCUT2D eigenvalue weighted by molar-refractivity contribution is 0.465. The molecule has 9 heteroatoms. The van der Waals surface area contributed by atoms with E-state index in [0.717, 1.165) is 5.56 Å². The number of benzene rings is 1. The number of nitrogen functional groups attached to an aromatic ring is 1. The molecule has 0 amide bonds. The molecule has 3 rings (SSSR count). The van der Waals surface area contributed by atoms with Crippen LogP contribution in [0, 0.1) is 13.8 Å². The summed E-state index contributed by atoms with van der Waals surface area (Å²) in [6.45, 7) is 6.08. The molecule has 0 fully saturated rings. The van der Waals surface area contributed by atoms with Gasteiger partial charge in [0, 0.05) is 19.7 Å². The van der Waals surface area contributed by atoms with Crippen LogP contribution in [0.25, 0.3) is 11.5 Å². The van der Waals surface area contributed by atoms with Crippen molar-refractivity contribution in [2.75, 3.05) is 24.7 Å². The van der Waals surface area contributed by atoms with E-state index in [1.165, 1.54) is 22.9 Å². The molecular formula is C17H21N7OS. The Labute approximate surface area is 156 Å². The summed E-state index contributed by atoms with van der Waals surface area (Å²) in [5, 5.41) is 8.60. The van der Waals surface area contributed by atoms with Crippen molar-refractivity contribution in [1.29, 1.82) is 0 Å². The Balaban J connectivity index is 1.79. The summed E-state index contributed by atoms with van der Waals surface area (Å²) in [7, 11) is 3.70. The highest BCUT2D eigenvalue weighted by molar-refractivity contribution is 7.99. The van der Waals surface area contributed by atoms with Gasteiger partial charge >= 0.3 is 0 Å². The number of aryl methyl sites for hydroxylation is 2. The van der Waals surface area contributed by atoms with E-state index in [9.17, 15) is 0 Å². The van der Waals surface area contributed by atoms with Gasteiger partial charge in [-0.05, 0) is 44.0 Å². The van der Waals surface area contributed by atoms with Gasteiger partial charge in [-0.1, -0.05) is 17.8 Å². The standard InChI is InChI=1S/C17H21N7OS/c1-9-6-7-12(8-10(9)2)14-22-23-17(25-14)26-11(3)13-19-15(18)21-16(20-13)24(4)5/h6-8,11H,1-5H3,(H2,18,19,20,21). The van der Waals surface area contributed by atoms with Crippen molar-refractivity contribution in [3.8, 4) is 11.5 Å². The molecule has 2 aromatic heterocycles. The van der Waals surface area contributed by atoms with Gasteiger partial charge in [-0.3, -0.25) is 0 Å². The molecule has 0 aliphatic heterocycles. The molecule has 0 bridgehead atoms. The van der Waals surface area contributed by atoms with E-state index in [0.29, 0.717) is 22.9 Å². The van der Waals surface area contributed by atoms with Crippen LogP contribution in [0.2, 0.25) is 0 Å². The van der Waals surface area contributed by atoms with Crippen molar-refractivity contribution in [3.05, 3.63) is 35.2 Å². The molecule has 26 heavy (non-hydrogen) atoms. The van der Waals surface area contributed by atoms with Gasteiger partial charge in [0.25, 0.3) is 5.22 Å². The third-order valence-corrected chi connectivity index (χ3v) is 4.79. The Morgan fingerprint density at radius 2 is 1.85 bits per heavy atom. The van der Waals surface area contributed by atoms with Crippen molar-refractivity contribution in [2.24, 2.45) is 0 Å². The van der Waals surface area contributed by atoms with Gasteiger partial charge in [-0.2, -0.15) is 15.0 Å². The zero-order valence-corrected chi connectivity index (χ0v) is 16.2. The maximum Gasteiger partial charge on any atom is 0.277 e. The first kappa shape index (κ1) is 18.1. The Morgan fingerprint density at radius 1 is 1.08 bits per heavy atom. The second-order valence-corrected chi connectivity index (χ2v) is 7.47. The number of nitrogens with zero attached hydrogens (tertiary/aromatic N) is 6. The molecule has 0 spiro atoms. The van der Waals surface area contributed by atoms with Crippen LogP contribution in [0.15, 0.2) is 27.8 Å². The molecule has 0 aliphatic carbocycles. The SMILES string of the molecule is Cc1ccc(-c2nnc(SC(C)c3nc(N)nc(N(C)C)n3)o2)cc1C. The Kier molecular flexibility index (Phi) is 5.08. The predicted molar refractivity (Wildman–Crippen MR) is 102 cm³/mol. The minimum atomic E-state index is -0.118. The Bertz CT molecular complexity index is 925. The van der Waals surface area contributed by atoms with Crippen molar-refractivity contribution in [3.63, 3.8) is 0 Å². The van der Waals surface area contributed by atoms with Gasteiger partial charge < -0.3 is 15.1 Å². The van der Waals surface area contributed by atoms with Gasteiger partial charge in [0.1, 0.15) is 5.82 Å². The molecule has 1 unspecified atom stereocenters. The largest absolute Gasteiger partial charge is 0.411 e. The van der Waals surface area contributed by atoms with Gasteiger partial charge in [0.05, 0.1) is 5.25 Å². The predicted octanol–water partition coefficient (Wildman–Crippen LogP) is 3.04. The van der Waals surface area contributed by atoms with Crippen LogP contribution < -0.4 is 10.6 Å². The number of hydrogen-bond donors (Lipinski definition) is 1. The summed E-state index contributed by atoms with van der Waals surface area (Å²) in [6, 6.07) is 6.06. The highest BCUT2D eigenvalue weighted by Crippen LogP contribution is 2.34. The van der Waals surface area contributed by atoms with E-state index in [1.54, 1.807) is 4.90 Å². The van der Waals surface area contributed by atoms with Crippen molar-refractivity contribution >= 4 is 23.7 Å². The van der Waals surface area contributed by atoms with Crippen molar-refractivity contribution < 1.29 is 4.42 Å². The molecule has 2 heterocycles.